The van der Waals surface area contributed by atoms with Crippen LogP contribution in [0.3, 0.4) is 0 Å². The largest absolute Gasteiger partial charge is 0.358 e. The molecule has 2 fully saturated rings. The first-order chi connectivity index (χ1) is 12.6. The molecule has 2 aromatic rings. The molecule has 0 saturated carbocycles. The maximum absolute atomic E-state index is 12.7. The van der Waals surface area contributed by atoms with Gasteiger partial charge >= 0.3 is 0 Å². The number of H-pyrrole nitrogens is 1. The second-order valence-corrected chi connectivity index (χ2v) is 8.99. The van der Waals surface area contributed by atoms with Crippen molar-refractivity contribution in [3.8, 4) is 0 Å². The van der Waals surface area contributed by atoms with E-state index in [1.54, 1.807) is 0 Å². The van der Waals surface area contributed by atoms with Crippen molar-refractivity contribution in [3.63, 3.8) is 0 Å². The highest BCUT2D eigenvalue weighted by Crippen LogP contribution is 2.25. The number of thioether (sulfide) groups is 1. The fraction of sp³-hybridized carbons (Fsp3) is 0.571. The van der Waals surface area contributed by atoms with Gasteiger partial charge in [0.05, 0.1) is 0 Å². The summed E-state index contributed by atoms with van der Waals surface area (Å²) < 4.78 is 0. The normalized spacial score (nSPS) is 20.5. The number of aromatic nitrogens is 1. The SMILES string of the molecule is Cc1[nH]c2ccc(C(=O)NC3CCN(C4CCSCC4)CC3)cc2c1C. The molecule has 2 saturated heterocycles. The van der Waals surface area contributed by atoms with Crippen LogP contribution in [0.2, 0.25) is 0 Å². The van der Waals surface area contributed by atoms with Crippen molar-refractivity contribution in [2.75, 3.05) is 24.6 Å². The van der Waals surface area contributed by atoms with Crippen LogP contribution in [-0.4, -0.2) is 52.5 Å². The highest BCUT2D eigenvalue weighted by molar-refractivity contribution is 7.99. The van der Waals surface area contributed by atoms with E-state index >= 15 is 0 Å². The Labute approximate surface area is 160 Å². The van der Waals surface area contributed by atoms with Gasteiger partial charge in [0.2, 0.25) is 0 Å². The summed E-state index contributed by atoms with van der Waals surface area (Å²) in [6.45, 7) is 6.42. The molecule has 0 radical (unpaired) electrons. The summed E-state index contributed by atoms with van der Waals surface area (Å²) in [6.07, 6.45) is 4.80. The van der Waals surface area contributed by atoms with E-state index in [9.17, 15) is 4.79 Å². The van der Waals surface area contributed by atoms with Gasteiger partial charge in [-0.15, -0.1) is 0 Å². The fourth-order valence-electron chi connectivity index (χ4n) is 4.33. The van der Waals surface area contributed by atoms with Crippen LogP contribution in [-0.2, 0) is 0 Å². The lowest BCUT2D eigenvalue weighted by atomic mass is 10.00. The number of carbonyl (C=O) groups is 1. The number of amides is 1. The highest BCUT2D eigenvalue weighted by Gasteiger charge is 2.27. The van der Waals surface area contributed by atoms with Crippen LogP contribution >= 0.6 is 11.8 Å². The number of rotatable bonds is 3. The number of fused-ring (bicyclic) bond motifs is 1. The summed E-state index contributed by atoms with van der Waals surface area (Å²) in [7, 11) is 0. The van der Waals surface area contributed by atoms with Crippen molar-refractivity contribution in [2.24, 2.45) is 0 Å². The molecule has 0 spiro atoms. The van der Waals surface area contributed by atoms with Gasteiger partial charge in [-0.05, 0) is 74.8 Å². The number of nitrogens with zero attached hydrogens (tertiary/aromatic N) is 1. The summed E-state index contributed by atoms with van der Waals surface area (Å²) >= 11 is 2.09. The zero-order chi connectivity index (χ0) is 18.1. The van der Waals surface area contributed by atoms with E-state index in [2.05, 4.69) is 40.8 Å². The molecule has 0 bridgehead atoms. The van der Waals surface area contributed by atoms with Crippen molar-refractivity contribution < 1.29 is 4.79 Å². The van der Waals surface area contributed by atoms with E-state index in [4.69, 9.17) is 0 Å². The molecule has 1 aromatic heterocycles. The summed E-state index contributed by atoms with van der Waals surface area (Å²) in [6, 6.07) is 7.06. The molecule has 5 heteroatoms. The average molecular weight is 372 g/mol. The minimum Gasteiger partial charge on any atom is -0.358 e. The predicted octanol–water partition coefficient (Wildman–Crippen LogP) is 3.87. The smallest absolute Gasteiger partial charge is 0.251 e. The quantitative estimate of drug-likeness (QED) is 0.861. The lowest BCUT2D eigenvalue weighted by Crippen LogP contribution is -2.48. The molecule has 2 N–H and O–H groups in total. The number of benzene rings is 1. The number of likely N-dealkylation sites (tertiary alicyclic amines) is 1. The standard InChI is InChI=1S/C21H29N3OS/c1-14-15(2)22-20-4-3-16(13-19(14)20)21(25)23-17-5-9-24(10-6-17)18-7-11-26-12-8-18/h3-4,13,17-18,22H,5-12H2,1-2H3,(H,23,25). The van der Waals surface area contributed by atoms with Crippen molar-refractivity contribution >= 4 is 28.6 Å². The number of piperidine rings is 1. The Kier molecular flexibility index (Phi) is 5.28. The van der Waals surface area contributed by atoms with E-state index in [0.29, 0.717) is 6.04 Å². The molecule has 4 nitrogen and oxygen atoms in total. The highest BCUT2D eigenvalue weighted by atomic mass is 32.2. The first kappa shape index (κ1) is 17.9. The maximum atomic E-state index is 12.7. The van der Waals surface area contributed by atoms with Crippen LogP contribution < -0.4 is 5.32 Å². The Bertz CT molecular complexity index is 786. The van der Waals surface area contributed by atoms with Gasteiger partial charge in [-0.3, -0.25) is 4.79 Å². The third-order valence-corrected chi connectivity index (χ3v) is 7.19. The van der Waals surface area contributed by atoms with E-state index in [0.717, 1.165) is 48.4 Å². The first-order valence-corrected chi connectivity index (χ1v) is 11.0. The molecule has 2 aliphatic rings. The molecular formula is C21H29N3OS. The number of aryl methyl sites for hydroxylation is 2. The van der Waals surface area contributed by atoms with E-state index in [-0.39, 0.29) is 5.91 Å². The Morgan fingerprint density at radius 1 is 1.15 bits per heavy atom. The van der Waals surface area contributed by atoms with Crippen molar-refractivity contribution in [2.45, 2.75) is 51.6 Å². The molecule has 0 atom stereocenters. The fourth-order valence-corrected chi connectivity index (χ4v) is 5.41. The van der Waals surface area contributed by atoms with Gasteiger partial charge < -0.3 is 15.2 Å². The van der Waals surface area contributed by atoms with Crippen LogP contribution in [0.1, 0.15) is 47.3 Å². The van der Waals surface area contributed by atoms with Crippen LogP contribution in [0.15, 0.2) is 18.2 Å². The predicted molar refractivity (Wildman–Crippen MR) is 110 cm³/mol. The van der Waals surface area contributed by atoms with Gasteiger partial charge in [0, 0.05) is 47.3 Å². The maximum Gasteiger partial charge on any atom is 0.251 e. The number of hydrogen-bond acceptors (Lipinski definition) is 3. The van der Waals surface area contributed by atoms with E-state index in [1.807, 2.05) is 18.2 Å². The number of aromatic amines is 1. The summed E-state index contributed by atoms with van der Waals surface area (Å²) in [4.78, 5) is 18.7. The molecule has 1 aromatic carbocycles. The summed E-state index contributed by atoms with van der Waals surface area (Å²) in [5, 5.41) is 4.42. The minimum atomic E-state index is 0.0673. The monoisotopic (exact) mass is 371 g/mol. The van der Waals surface area contributed by atoms with Gasteiger partial charge in [0.15, 0.2) is 0 Å². The molecule has 4 rings (SSSR count). The van der Waals surface area contributed by atoms with E-state index in [1.165, 1.54) is 35.6 Å². The molecule has 2 aliphatic heterocycles. The van der Waals surface area contributed by atoms with Crippen molar-refractivity contribution in [1.29, 1.82) is 0 Å². The van der Waals surface area contributed by atoms with Crippen LogP contribution in [0.5, 0.6) is 0 Å². The Balaban J connectivity index is 1.36. The first-order valence-electron chi connectivity index (χ1n) is 9.83. The third-order valence-electron chi connectivity index (χ3n) is 6.14. The van der Waals surface area contributed by atoms with Crippen molar-refractivity contribution in [1.82, 2.24) is 15.2 Å². The van der Waals surface area contributed by atoms with Gasteiger partial charge in [-0.25, -0.2) is 0 Å². The second kappa shape index (κ2) is 7.65. The Hall–Kier alpha value is -1.46. The van der Waals surface area contributed by atoms with Crippen LogP contribution in [0, 0.1) is 13.8 Å². The van der Waals surface area contributed by atoms with Crippen LogP contribution in [0.4, 0.5) is 0 Å². The van der Waals surface area contributed by atoms with Crippen LogP contribution in [0.25, 0.3) is 10.9 Å². The second-order valence-electron chi connectivity index (χ2n) is 7.76. The lowest BCUT2D eigenvalue weighted by Gasteiger charge is -2.39. The van der Waals surface area contributed by atoms with Crippen molar-refractivity contribution in [3.05, 3.63) is 35.0 Å². The molecular weight excluding hydrogens is 342 g/mol. The molecule has 1 amide bonds. The van der Waals surface area contributed by atoms with E-state index < -0.39 is 0 Å². The van der Waals surface area contributed by atoms with Gasteiger partial charge in [0.1, 0.15) is 0 Å². The Morgan fingerprint density at radius 3 is 2.62 bits per heavy atom. The van der Waals surface area contributed by atoms with Gasteiger partial charge in [0.25, 0.3) is 5.91 Å². The Morgan fingerprint density at radius 2 is 1.88 bits per heavy atom. The minimum absolute atomic E-state index is 0.0673. The number of carbonyl (C=O) groups excluding carboxylic acids is 1. The summed E-state index contributed by atoms with van der Waals surface area (Å²) in [5.74, 6) is 2.68. The molecule has 3 heterocycles. The zero-order valence-corrected chi connectivity index (χ0v) is 16.6. The zero-order valence-electron chi connectivity index (χ0n) is 15.8. The average Bonchev–Trinajstić information content (AvgIpc) is 2.96. The molecule has 140 valence electrons. The van der Waals surface area contributed by atoms with Gasteiger partial charge in [-0.1, -0.05) is 0 Å². The molecule has 0 unspecified atom stereocenters. The third kappa shape index (κ3) is 3.65. The summed E-state index contributed by atoms with van der Waals surface area (Å²) in [5.41, 5.74) is 4.28. The lowest BCUT2D eigenvalue weighted by molar-refractivity contribution is 0.0886. The van der Waals surface area contributed by atoms with Gasteiger partial charge in [-0.2, -0.15) is 11.8 Å². The molecule has 26 heavy (non-hydrogen) atoms. The number of nitrogens with one attached hydrogen (secondary N) is 2. The molecule has 0 aliphatic carbocycles. The topological polar surface area (TPSA) is 48.1 Å². The number of hydrogen-bond donors (Lipinski definition) is 2.